The van der Waals surface area contributed by atoms with Gasteiger partial charge in [-0.2, -0.15) is 0 Å². The van der Waals surface area contributed by atoms with Crippen molar-refractivity contribution >= 4 is 16.9 Å². The number of rotatable bonds is 2. The number of fused-ring (bicyclic) bond motifs is 1. The summed E-state index contributed by atoms with van der Waals surface area (Å²) in [6.45, 7) is 4.77. The molecular formula is C15H17N3O3. The van der Waals surface area contributed by atoms with Crippen LogP contribution in [0, 0.1) is 6.92 Å². The summed E-state index contributed by atoms with van der Waals surface area (Å²) in [5.41, 5.74) is 0.870. The summed E-state index contributed by atoms with van der Waals surface area (Å²) in [6, 6.07) is 3.46. The van der Waals surface area contributed by atoms with Crippen LogP contribution in [0.2, 0.25) is 0 Å². The number of ether oxygens (including phenoxy) is 1. The number of hydrogen-bond donors (Lipinski definition) is 1. The Morgan fingerprint density at radius 1 is 1.43 bits per heavy atom. The SMILES string of the molecule is COC1(C)CN(C(=O)c2c[nH]c3nc(C)ccc3c2=O)C1. The minimum absolute atomic E-state index is 0.145. The first-order chi connectivity index (χ1) is 9.93. The van der Waals surface area contributed by atoms with Crippen LogP contribution in [0.4, 0.5) is 0 Å². The Bertz CT molecular complexity index is 775. The average Bonchev–Trinajstić information content (AvgIpc) is 2.43. The molecule has 21 heavy (non-hydrogen) atoms. The van der Waals surface area contributed by atoms with E-state index in [0.29, 0.717) is 24.1 Å². The number of hydrogen-bond acceptors (Lipinski definition) is 4. The predicted octanol–water partition coefficient (Wildman–Crippen LogP) is 1.09. The molecule has 3 heterocycles. The highest BCUT2D eigenvalue weighted by Crippen LogP contribution is 2.25. The van der Waals surface area contributed by atoms with Crippen LogP contribution in [0.1, 0.15) is 23.0 Å². The van der Waals surface area contributed by atoms with E-state index in [4.69, 9.17) is 4.74 Å². The Balaban J connectivity index is 1.95. The first-order valence-electron chi connectivity index (χ1n) is 6.77. The van der Waals surface area contributed by atoms with Crippen LogP contribution in [-0.4, -0.2) is 46.6 Å². The number of H-pyrrole nitrogens is 1. The van der Waals surface area contributed by atoms with Crippen LogP contribution < -0.4 is 5.43 Å². The highest BCUT2D eigenvalue weighted by Gasteiger charge is 2.42. The second-order valence-electron chi connectivity index (χ2n) is 5.70. The first-order valence-corrected chi connectivity index (χ1v) is 6.77. The van der Waals surface area contributed by atoms with Gasteiger partial charge in [-0.15, -0.1) is 0 Å². The van der Waals surface area contributed by atoms with Crippen molar-refractivity contribution in [3.8, 4) is 0 Å². The summed E-state index contributed by atoms with van der Waals surface area (Å²) in [5.74, 6) is -0.270. The Morgan fingerprint density at radius 3 is 2.81 bits per heavy atom. The Labute approximate surface area is 121 Å². The third-order valence-corrected chi connectivity index (χ3v) is 3.94. The fraction of sp³-hybridized carbons (Fsp3) is 0.400. The summed E-state index contributed by atoms with van der Waals surface area (Å²) in [6.07, 6.45) is 1.45. The number of aromatic amines is 1. The van der Waals surface area contributed by atoms with Gasteiger partial charge in [-0.05, 0) is 26.0 Å². The number of carbonyl (C=O) groups excluding carboxylic acids is 1. The number of pyridine rings is 2. The normalized spacial score (nSPS) is 16.8. The van der Waals surface area contributed by atoms with Gasteiger partial charge in [0.2, 0.25) is 5.43 Å². The number of carbonyl (C=O) groups is 1. The monoisotopic (exact) mass is 287 g/mol. The fourth-order valence-corrected chi connectivity index (χ4v) is 2.56. The maximum absolute atomic E-state index is 12.4. The molecular weight excluding hydrogens is 270 g/mol. The van der Waals surface area contributed by atoms with Crippen LogP contribution in [-0.2, 0) is 4.74 Å². The molecule has 0 unspecified atom stereocenters. The van der Waals surface area contributed by atoms with Gasteiger partial charge in [0, 0.05) is 19.0 Å². The van der Waals surface area contributed by atoms with E-state index in [-0.39, 0.29) is 22.5 Å². The Morgan fingerprint density at radius 2 is 2.14 bits per heavy atom. The van der Waals surface area contributed by atoms with Gasteiger partial charge in [0.25, 0.3) is 5.91 Å². The van der Waals surface area contributed by atoms with Gasteiger partial charge in [-0.1, -0.05) is 0 Å². The average molecular weight is 287 g/mol. The van der Waals surface area contributed by atoms with Crippen molar-refractivity contribution in [2.45, 2.75) is 19.4 Å². The van der Waals surface area contributed by atoms with Crippen LogP contribution in [0.25, 0.3) is 11.0 Å². The molecule has 0 bridgehead atoms. The van der Waals surface area contributed by atoms with Crippen molar-refractivity contribution in [3.05, 3.63) is 39.8 Å². The minimum Gasteiger partial charge on any atom is -0.375 e. The number of methoxy groups -OCH3 is 1. The van der Waals surface area contributed by atoms with Gasteiger partial charge in [0.15, 0.2) is 0 Å². The lowest BCUT2D eigenvalue weighted by atomic mass is 9.95. The highest BCUT2D eigenvalue weighted by molar-refractivity contribution is 5.97. The topological polar surface area (TPSA) is 75.3 Å². The second kappa shape index (κ2) is 4.66. The molecule has 3 rings (SSSR count). The molecule has 0 atom stereocenters. The zero-order valence-electron chi connectivity index (χ0n) is 12.3. The van der Waals surface area contributed by atoms with Gasteiger partial charge >= 0.3 is 0 Å². The van der Waals surface area contributed by atoms with Crippen LogP contribution in [0.5, 0.6) is 0 Å². The summed E-state index contributed by atoms with van der Waals surface area (Å²) in [4.78, 5) is 33.6. The molecule has 2 aromatic rings. The van der Waals surface area contributed by atoms with Crippen LogP contribution in [0.3, 0.4) is 0 Å². The molecule has 1 fully saturated rings. The largest absolute Gasteiger partial charge is 0.375 e. The van der Waals surface area contributed by atoms with E-state index in [1.54, 1.807) is 24.1 Å². The molecule has 2 aromatic heterocycles. The van der Waals surface area contributed by atoms with Gasteiger partial charge in [-0.3, -0.25) is 9.59 Å². The maximum atomic E-state index is 12.4. The van der Waals surface area contributed by atoms with Crippen molar-refractivity contribution in [1.82, 2.24) is 14.9 Å². The molecule has 0 radical (unpaired) electrons. The number of nitrogens with zero attached hydrogens (tertiary/aromatic N) is 2. The first kappa shape index (κ1) is 13.8. The molecule has 1 saturated heterocycles. The van der Waals surface area contributed by atoms with E-state index in [1.165, 1.54) is 6.20 Å². The summed E-state index contributed by atoms with van der Waals surface area (Å²) >= 11 is 0. The number of aromatic nitrogens is 2. The lowest BCUT2D eigenvalue weighted by molar-refractivity contribution is -0.0948. The van der Waals surface area contributed by atoms with Gasteiger partial charge < -0.3 is 14.6 Å². The van der Waals surface area contributed by atoms with Crippen molar-refractivity contribution < 1.29 is 9.53 Å². The molecule has 0 aromatic carbocycles. The van der Waals surface area contributed by atoms with E-state index in [1.807, 2.05) is 13.8 Å². The molecule has 6 nitrogen and oxygen atoms in total. The van der Waals surface area contributed by atoms with Crippen molar-refractivity contribution in [2.75, 3.05) is 20.2 Å². The smallest absolute Gasteiger partial charge is 0.259 e. The number of amides is 1. The number of likely N-dealkylation sites (tertiary alicyclic amines) is 1. The third kappa shape index (κ3) is 2.21. The molecule has 0 aliphatic carbocycles. The number of aryl methyl sites for hydroxylation is 1. The van der Waals surface area contributed by atoms with Gasteiger partial charge in [-0.25, -0.2) is 4.98 Å². The summed E-state index contributed by atoms with van der Waals surface area (Å²) < 4.78 is 5.31. The quantitative estimate of drug-likeness (QED) is 0.897. The molecule has 0 spiro atoms. The molecule has 0 saturated carbocycles. The summed E-state index contributed by atoms with van der Waals surface area (Å²) in [7, 11) is 1.62. The lowest BCUT2D eigenvalue weighted by Gasteiger charge is -2.46. The third-order valence-electron chi connectivity index (χ3n) is 3.94. The standard InChI is InChI=1S/C15H17N3O3/c1-9-4-5-10-12(19)11(6-16-13(10)17-9)14(20)18-7-15(2,8-18)21-3/h4-6H,7-8H2,1-3H3,(H,16,17,19). The maximum Gasteiger partial charge on any atom is 0.259 e. The van der Waals surface area contributed by atoms with Crippen molar-refractivity contribution in [2.24, 2.45) is 0 Å². The Hall–Kier alpha value is -2.21. The Kier molecular flexibility index (Phi) is 3.06. The zero-order valence-corrected chi connectivity index (χ0v) is 12.3. The highest BCUT2D eigenvalue weighted by atomic mass is 16.5. The lowest BCUT2D eigenvalue weighted by Crippen LogP contribution is -2.63. The van der Waals surface area contributed by atoms with E-state index >= 15 is 0 Å². The molecule has 110 valence electrons. The van der Waals surface area contributed by atoms with E-state index in [2.05, 4.69) is 9.97 Å². The molecule has 1 aliphatic rings. The van der Waals surface area contributed by atoms with Crippen LogP contribution in [0.15, 0.2) is 23.1 Å². The number of nitrogens with one attached hydrogen (secondary N) is 1. The summed E-state index contributed by atoms with van der Waals surface area (Å²) in [5, 5.41) is 0.432. The van der Waals surface area contributed by atoms with Gasteiger partial charge in [0.05, 0.1) is 18.5 Å². The molecule has 1 amide bonds. The van der Waals surface area contributed by atoms with E-state index in [0.717, 1.165) is 5.69 Å². The zero-order chi connectivity index (χ0) is 15.2. The van der Waals surface area contributed by atoms with E-state index in [9.17, 15) is 9.59 Å². The molecule has 1 aliphatic heterocycles. The minimum atomic E-state index is -0.308. The van der Waals surface area contributed by atoms with Crippen molar-refractivity contribution in [3.63, 3.8) is 0 Å². The molecule has 6 heteroatoms. The molecule has 1 N–H and O–H groups in total. The fourth-order valence-electron chi connectivity index (χ4n) is 2.56. The second-order valence-corrected chi connectivity index (χ2v) is 5.70. The predicted molar refractivity (Wildman–Crippen MR) is 78.4 cm³/mol. The van der Waals surface area contributed by atoms with Gasteiger partial charge in [0.1, 0.15) is 16.8 Å². The van der Waals surface area contributed by atoms with Crippen molar-refractivity contribution in [1.29, 1.82) is 0 Å². The van der Waals surface area contributed by atoms with Crippen LogP contribution >= 0.6 is 0 Å². The van der Waals surface area contributed by atoms with E-state index < -0.39 is 0 Å².